The lowest BCUT2D eigenvalue weighted by molar-refractivity contribution is -0.0119. The molecule has 1 aromatic heterocycles. The summed E-state index contributed by atoms with van der Waals surface area (Å²) in [6, 6.07) is -0.130. The maximum atomic E-state index is 12.2. The van der Waals surface area contributed by atoms with Gasteiger partial charge in [-0.1, -0.05) is 37.3 Å². The van der Waals surface area contributed by atoms with E-state index in [0.29, 0.717) is 18.4 Å². The third kappa shape index (κ3) is 4.08. The average Bonchev–Trinajstić information content (AvgIpc) is 2.83. The van der Waals surface area contributed by atoms with Gasteiger partial charge in [-0.3, -0.25) is 4.90 Å². The second-order valence-electron chi connectivity index (χ2n) is 8.01. The van der Waals surface area contributed by atoms with Crippen LogP contribution in [-0.4, -0.2) is 33.3 Å². The van der Waals surface area contributed by atoms with Crippen LogP contribution in [0.15, 0.2) is 4.52 Å². The molecule has 1 atom stereocenters. The summed E-state index contributed by atoms with van der Waals surface area (Å²) in [5, 5.41) is 4.22. The molecule has 134 valence electrons. The van der Waals surface area contributed by atoms with Gasteiger partial charge in [-0.05, 0) is 40.0 Å². The SMILES string of the molecule is CC(C)(C)OC(=O)N1CC[C@H]1c1nc(C2CCCCCCC2)no1. The van der Waals surface area contributed by atoms with E-state index in [2.05, 4.69) is 10.1 Å². The van der Waals surface area contributed by atoms with Crippen LogP contribution in [0.2, 0.25) is 0 Å². The lowest BCUT2D eigenvalue weighted by atomic mass is 9.91. The molecule has 0 aromatic carbocycles. The topological polar surface area (TPSA) is 68.5 Å². The van der Waals surface area contributed by atoms with Crippen LogP contribution in [0.1, 0.15) is 95.8 Å². The van der Waals surface area contributed by atoms with Gasteiger partial charge in [0, 0.05) is 12.5 Å². The molecule has 6 nitrogen and oxygen atoms in total. The second kappa shape index (κ2) is 7.11. The summed E-state index contributed by atoms with van der Waals surface area (Å²) in [4.78, 5) is 18.5. The molecule has 0 spiro atoms. The molecule has 1 saturated heterocycles. The number of nitrogens with zero attached hydrogens (tertiary/aromatic N) is 3. The number of likely N-dealkylation sites (tertiary alicyclic amines) is 1. The van der Waals surface area contributed by atoms with E-state index in [0.717, 1.165) is 25.1 Å². The van der Waals surface area contributed by atoms with Gasteiger partial charge in [0.15, 0.2) is 5.82 Å². The summed E-state index contributed by atoms with van der Waals surface area (Å²) in [7, 11) is 0. The molecule has 0 bridgehead atoms. The number of amides is 1. The maximum absolute atomic E-state index is 12.2. The van der Waals surface area contributed by atoms with Crippen LogP contribution >= 0.6 is 0 Å². The number of hydrogen-bond donors (Lipinski definition) is 0. The highest BCUT2D eigenvalue weighted by Gasteiger charge is 2.40. The van der Waals surface area contributed by atoms with Crippen LogP contribution in [0.4, 0.5) is 4.79 Å². The average molecular weight is 335 g/mol. The van der Waals surface area contributed by atoms with Gasteiger partial charge in [-0.15, -0.1) is 0 Å². The summed E-state index contributed by atoms with van der Waals surface area (Å²) in [5.74, 6) is 1.78. The van der Waals surface area contributed by atoms with Crippen LogP contribution in [0.3, 0.4) is 0 Å². The first-order chi connectivity index (χ1) is 11.4. The van der Waals surface area contributed by atoms with Crippen molar-refractivity contribution in [2.24, 2.45) is 0 Å². The molecular formula is C18H29N3O3. The summed E-state index contributed by atoms with van der Waals surface area (Å²) >= 11 is 0. The molecule has 1 aromatic rings. The highest BCUT2D eigenvalue weighted by molar-refractivity contribution is 5.69. The molecule has 1 amide bonds. The van der Waals surface area contributed by atoms with Crippen LogP contribution in [-0.2, 0) is 4.74 Å². The first-order valence-electron chi connectivity index (χ1n) is 9.27. The van der Waals surface area contributed by atoms with E-state index >= 15 is 0 Å². The molecule has 0 unspecified atom stereocenters. The van der Waals surface area contributed by atoms with E-state index in [-0.39, 0.29) is 12.1 Å². The summed E-state index contributed by atoms with van der Waals surface area (Å²) < 4.78 is 10.9. The zero-order chi connectivity index (χ0) is 17.2. The molecule has 1 aliphatic heterocycles. The predicted octanol–water partition coefficient (Wildman–Crippen LogP) is 4.58. The smallest absolute Gasteiger partial charge is 0.410 e. The van der Waals surface area contributed by atoms with E-state index in [1.54, 1.807) is 4.90 Å². The van der Waals surface area contributed by atoms with Crippen molar-refractivity contribution in [1.82, 2.24) is 15.0 Å². The van der Waals surface area contributed by atoms with Gasteiger partial charge in [0.25, 0.3) is 0 Å². The van der Waals surface area contributed by atoms with Crippen molar-refractivity contribution in [3.8, 4) is 0 Å². The van der Waals surface area contributed by atoms with E-state index in [1.165, 1.54) is 32.1 Å². The largest absolute Gasteiger partial charge is 0.444 e. The third-order valence-electron chi connectivity index (χ3n) is 4.86. The third-order valence-corrected chi connectivity index (χ3v) is 4.86. The van der Waals surface area contributed by atoms with Crippen molar-refractivity contribution in [2.75, 3.05) is 6.54 Å². The Morgan fingerprint density at radius 1 is 1.12 bits per heavy atom. The zero-order valence-corrected chi connectivity index (χ0v) is 15.1. The molecule has 1 aliphatic carbocycles. The Kier molecular flexibility index (Phi) is 5.11. The molecule has 0 radical (unpaired) electrons. The van der Waals surface area contributed by atoms with Crippen LogP contribution < -0.4 is 0 Å². The van der Waals surface area contributed by atoms with Gasteiger partial charge < -0.3 is 9.26 Å². The lowest BCUT2D eigenvalue weighted by Gasteiger charge is -2.39. The fourth-order valence-electron chi connectivity index (χ4n) is 3.45. The van der Waals surface area contributed by atoms with Gasteiger partial charge in [0.1, 0.15) is 11.6 Å². The minimum absolute atomic E-state index is 0.130. The zero-order valence-electron chi connectivity index (χ0n) is 15.1. The van der Waals surface area contributed by atoms with Crippen molar-refractivity contribution >= 4 is 6.09 Å². The fraction of sp³-hybridized carbons (Fsp3) is 0.833. The Labute approximate surface area is 143 Å². The van der Waals surface area contributed by atoms with E-state index in [4.69, 9.17) is 9.26 Å². The fourth-order valence-corrected chi connectivity index (χ4v) is 3.45. The number of carbonyl (C=O) groups is 1. The molecule has 24 heavy (non-hydrogen) atoms. The molecule has 6 heteroatoms. The standard InChI is InChI=1S/C18H29N3O3/c1-18(2,3)23-17(22)21-12-11-14(21)16-19-15(20-24-16)13-9-7-5-4-6-8-10-13/h13-14H,4-12H2,1-3H3/t14-/m0/s1. The van der Waals surface area contributed by atoms with Crippen LogP contribution in [0.25, 0.3) is 0 Å². The summed E-state index contributed by atoms with van der Waals surface area (Å²) in [5.41, 5.74) is -0.490. The first kappa shape index (κ1) is 17.2. The van der Waals surface area contributed by atoms with E-state index < -0.39 is 5.60 Å². The Morgan fingerprint density at radius 2 is 1.79 bits per heavy atom. The molecular weight excluding hydrogens is 306 g/mol. The van der Waals surface area contributed by atoms with E-state index in [9.17, 15) is 4.79 Å². The number of rotatable bonds is 2. The predicted molar refractivity (Wildman–Crippen MR) is 89.7 cm³/mol. The first-order valence-corrected chi connectivity index (χ1v) is 9.27. The summed E-state index contributed by atoms with van der Waals surface area (Å²) in [6.45, 7) is 6.30. The number of carbonyl (C=O) groups excluding carboxylic acids is 1. The van der Waals surface area contributed by atoms with Gasteiger partial charge in [-0.25, -0.2) is 4.79 Å². The molecule has 1 saturated carbocycles. The Balaban J connectivity index is 1.63. The Hall–Kier alpha value is -1.59. The van der Waals surface area contributed by atoms with Crippen molar-refractivity contribution < 1.29 is 14.1 Å². The molecule has 2 heterocycles. The quantitative estimate of drug-likeness (QED) is 0.791. The van der Waals surface area contributed by atoms with E-state index in [1.807, 2.05) is 20.8 Å². The van der Waals surface area contributed by atoms with Crippen molar-refractivity contribution in [2.45, 2.75) is 89.7 Å². The number of ether oxygens (including phenoxy) is 1. The molecule has 2 aliphatic rings. The monoisotopic (exact) mass is 335 g/mol. The van der Waals surface area contributed by atoms with Crippen molar-refractivity contribution in [3.05, 3.63) is 11.7 Å². The highest BCUT2D eigenvalue weighted by Crippen LogP contribution is 2.35. The van der Waals surface area contributed by atoms with Crippen molar-refractivity contribution in [1.29, 1.82) is 0 Å². The maximum Gasteiger partial charge on any atom is 0.410 e. The molecule has 0 N–H and O–H groups in total. The van der Waals surface area contributed by atoms with Crippen LogP contribution in [0, 0.1) is 0 Å². The minimum Gasteiger partial charge on any atom is -0.444 e. The number of hydrogen-bond acceptors (Lipinski definition) is 5. The highest BCUT2D eigenvalue weighted by atomic mass is 16.6. The van der Waals surface area contributed by atoms with Crippen molar-refractivity contribution in [3.63, 3.8) is 0 Å². The molecule has 3 rings (SSSR count). The lowest BCUT2D eigenvalue weighted by Crippen LogP contribution is -2.47. The minimum atomic E-state index is -0.490. The Bertz CT molecular complexity index is 556. The molecule has 2 fully saturated rings. The van der Waals surface area contributed by atoms with Gasteiger partial charge >= 0.3 is 6.09 Å². The second-order valence-corrected chi connectivity index (χ2v) is 8.01. The normalized spacial score (nSPS) is 23.3. The summed E-state index contributed by atoms with van der Waals surface area (Å²) in [6.07, 6.45) is 9.25. The Morgan fingerprint density at radius 3 is 2.38 bits per heavy atom. The van der Waals surface area contributed by atoms with Crippen LogP contribution in [0.5, 0.6) is 0 Å². The van der Waals surface area contributed by atoms with Gasteiger partial charge in [-0.2, -0.15) is 4.98 Å². The van der Waals surface area contributed by atoms with Gasteiger partial charge in [0.2, 0.25) is 5.89 Å². The number of aromatic nitrogens is 2. The van der Waals surface area contributed by atoms with Gasteiger partial charge in [0.05, 0.1) is 0 Å².